The zero-order valence-electron chi connectivity index (χ0n) is 15.7. The monoisotopic (exact) mass is 358 g/mol. The molecule has 0 bridgehead atoms. The molecule has 140 valence electrons. The number of hydrogen-bond donors (Lipinski definition) is 1. The number of hydrogen-bond acceptors (Lipinski definition) is 5. The molecule has 2 aromatic carbocycles. The summed E-state index contributed by atoms with van der Waals surface area (Å²) >= 11 is 0. The molecule has 0 saturated carbocycles. The number of benzene rings is 2. The Morgan fingerprint density at radius 2 is 1.58 bits per heavy atom. The lowest BCUT2D eigenvalue weighted by atomic mass is 10.1. The fraction of sp³-hybridized carbons (Fsp3) is 0.350. The van der Waals surface area contributed by atoms with Crippen LogP contribution >= 0.6 is 0 Å². The number of rotatable bonds is 9. The van der Waals surface area contributed by atoms with Gasteiger partial charge in [-0.05, 0) is 12.6 Å². The van der Waals surface area contributed by atoms with Gasteiger partial charge in [-0.15, -0.1) is 0 Å². The van der Waals surface area contributed by atoms with Crippen LogP contribution in [0.1, 0.15) is 15.9 Å². The summed E-state index contributed by atoms with van der Waals surface area (Å²) in [4.78, 5) is 14.7. The van der Waals surface area contributed by atoms with Crippen molar-refractivity contribution in [2.24, 2.45) is 0 Å². The number of methoxy groups -OCH3 is 3. The maximum absolute atomic E-state index is 12.5. The number of amides is 1. The average Bonchev–Trinajstić information content (AvgIpc) is 2.67. The molecule has 1 N–H and O–H groups in total. The first-order chi connectivity index (χ1) is 12.6. The van der Waals surface area contributed by atoms with E-state index in [2.05, 4.69) is 22.3 Å². The van der Waals surface area contributed by atoms with Crippen LogP contribution in [0.3, 0.4) is 0 Å². The van der Waals surface area contributed by atoms with E-state index in [9.17, 15) is 4.79 Å². The Labute approximate surface area is 154 Å². The molecule has 0 radical (unpaired) electrons. The quantitative estimate of drug-likeness (QED) is 0.747. The third kappa shape index (κ3) is 5.13. The van der Waals surface area contributed by atoms with Gasteiger partial charge in [0.15, 0.2) is 11.5 Å². The second-order valence-electron chi connectivity index (χ2n) is 5.89. The van der Waals surface area contributed by atoms with E-state index in [1.165, 1.54) is 19.8 Å². The van der Waals surface area contributed by atoms with Crippen molar-refractivity contribution in [1.29, 1.82) is 0 Å². The summed E-state index contributed by atoms with van der Waals surface area (Å²) in [6, 6.07) is 13.5. The zero-order chi connectivity index (χ0) is 18.9. The van der Waals surface area contributed by atoms with Crippen LogP contribution in [0, 0.1) is 0 Å². The normalized spacial score (nSPS) is 10.5. The van der Waals surface area contributed by atoms with Crippen LogP contribution in [0.4, 0.5) is 0 Å². The van der Waals surface area contributed by atoms with Gasteiger partial charge in [-0.25, -0.2) is 0 Å². The molecule has 2 rings (SSSR count). The second kappa shape index (κ2) is 9.68. The highest BCUT2D eigenvalue weighted by atomic mass is 16.5. The smallest absolute Gasteiger partial charge is 0.255 e. The van der Waals surface area contributed by atoms with Crippen LogP contribution in [-0.4, -0.2) is 52.3 Å². The predicted molar refractivity (Wildman–Crippen MR) is 101 cm³/mol. The van der Waals surface area contributed by atoms with Gasteiger partial charge in [-0.1, -0.05) is 30.3 Å². The van der Waals surface area contributed by atoms with Crippen molar-refractivity contribution in [2.75, 3.05) is 41.5 Å². The first-order valence-corrected chi connectivity index (χ1v) is 8.39. The van der Waals surface area contributed by atoms with Crippen LogP contribution < -0.4 is 19.5 Å². The third-order valence-electron chi connectivity index (χ3n) is 4.02. The van der Waals surface area contributed by atoms with Gasteiger partial charge in [0.2, 0.25) is 0 Å². The minimum absolute atomic E-state index is 0.212. The van der Waals surface area contributed by atoms with Gasteiger partial charge in [0.25, 0.3) is 5.91 Å². The SMILES string of the molecule is COc1cc(OC)c(C(=O)NCCN(C)Cc2ccccc2)cc1OC. The Kier molecular flexibility index (Phi) is 7.29. The molecule has 0 saturated heterocycles. The summed E-state index contributed by atoms with van der Waals surface area (Å²) in [6.45, 7) is 2.09. The molecule has 0 aliphatic carbocycles. The van der Waals surface area contributed by atoms with Gasteiger partial charge < -0.3 is 24.4 Å². The molecule has 0 fully saturated rings. The van der Waals surface area contributed by atoms with E-state index in [-0.39, 0.29) is 5.91 Å². The molecule has 2 aromatic rings. The molecule has 1 amide bonds. The van der Waals surface area contributed by atoms with Gasteiger partial charge in [0.1, 0.15) is 5.75 Å². The maximum atomic E-state index is 12.5. The van der Waals surface area contributed by atoms with Crippen molar-refractivity contribution in [1.82, 2.24) is 10.2 Å². The maximum Gasteiger partial charge on any atom is 0.255 e. The topological polar surface area (TPSA) is 60.0 Å². The number of nitrogens with zero attached hydrogens (tertiary/aromatic N) is 1. The highest BCUT2D eigenvalue weighted by Gasteiger charge is 2.17. The third-order valence-corrected chi connectivity index (χ3v) is 4.02. The largest absolute Gasteiger partial charge is 0.496 e. The molecule has 0 heterocycles. The van der Waals surface area contributed by atoms with E-state index >= 15 is 0 Å². The van der Waals surface area contributed by atoms with E-state index in [4.69, 9.17) is 14.2 Å². The minimum Gasteiger partial charge on any atom is -0.496 e. The van der Waals surface area contributed by atoms with Crippen LogP contribution in [0.15, 0.2) is 42.5 Å². The summed E-state index contributed by atoms with van der Waals surface area (Å²) in [5.74, 6) is 1.23. The fourth-order valence-electron chi connectivity index (χ4n) is 2.64. The molecule has 6 nitrogen and oxygen atoms in total. The van der Waals surface area contributed by atoms with Gasteiger partial charge in [-0.2, -0.15) is 0 Å². The Balaban J connectivity index is 1.95. The van der Waals surface area contributed by atoms with E-state index in [1.807, 2.05) is 25.2 Å². The number of nitrogens with one attached hydrogen (secondary N) is 1. The summed E-state index contributed by atoms with van der Waals surface area (Å²) in [7, 11) is 6.62. The minimum atomic E-state index is -0.212. The standard InChI is InChI=1S/C20H26N2O4/c1-22(14-15-8-6-5-7-9-15)11-10-21-20(23)16-12-18(25-3)19(26-4)13-17(16)24-2/h5-9,12-13H,10-11,14H2,1-4H3,(H,21,23). The molecule has 0 spiro atoms. The Bertz CT molecular complexity index is 719. The lowest BCUT2D eigenvalue weighted by Crippen LogP contribution is -2.33. The number of ether oxygens (including phenoxy) is 3. The van der Waals surface area contributed by atoms with Crippen molar-refractivity contribution < 1.29 is 19.0 Å². The fourth-order valence-corrected chi connectivity index (χ4v) is 2.64. The summed E-state index contributed by atoms with van der Waals surface area (Å²) in [5, 5.41) is 2.92. The highest BCUT2D eigenvalue weighted by molar-refractivity contribution is 5.97. The Morgan fingerprint density at radius 1 is 0.962 bits per heavy atom. The molecule has 0 aliphatic rings. The Hall–Kier alpha value is -2.73. The van der Waals surface area contributed by atoms with Crippen molar-refractivity contribution in [3.05, 3.63) is 53.6 Å². The molecule has 26 heavy (non-hydrogen) atoms. The highest BCUT2D eigenvalue weighted by Crippen LogP contribution is 2.34. The lowest BCUT2D eigenvalue weighted by Gasteiger charge is -2.18. The second-order valence-corrected chi connectivity index (χ2v) is 5.89. The van der Waals surface area contributed by atoms with Gasteiger partial charge >= 0.3 is 0 Å². The summed E-state index contributed by atoms with van der Waals surface area (Å²) in [5.41, 5.74) is 1.65. The predicted octanol–water partition coefficient (Wildman–Crippen LogP) is 2.57. The first kappa shape index (κ1) is 19.6. The molecule has 0 aromatic heterocycles. The molecular weight excluding hydrogens is 332 g/mol. The molecule has 0 aliphatic heterocycles. The number of carbonyl (C=O) groups excluding carboxylic acids is 1. The molecule has 0 unspecified atom stereocenters. The Morgan fingerprint density at radius 3 is 2.19 bits per heavy atom. The summed E-state index contributed by atoms with van der Waals surface area (Å²) in [6.07, 6.45) is 0. The van der Waals surface area contributed by atoms with E-state index in [0.29, 0.717) is 29.4 Å². The van der Waals surface area contributed by atoms with E-state index < -0.39 is 0 Å². The van der Waals surface area contributed by atoms with Crippen LogP contribution in [-0.2, 0) is 6.54 Å². The lowest BCUT2D eigenvalue weighted by molar-refractivity contribution is 0.0946. The van der Waals surface area contributed by atoms with Crippen molar-refractivity contribution >= 4 is 5.91 Å². The van der Waals surface area contributed by atoms with E-state index in [1.54, 1.807) is 19.2 Å². The van der Waals surface area contributed by atoms with Crippen LogP contribution in [0.2, 0.25) is 0 Å². The van der Waals surface area contributed by atoms with Crippen molar-refractivity contribution in [3.63, 3.8) is 0 Å². The molecule has 6 heteroatoms. The molecular formula is C20H26N2O4. The first-order valence-electron chi connectivity index (χ1n) is 8.39. The van der Waals surface area contributed by atoms with Gasteiger partial charge in [0, 0.05) is 31.8 Å². The summed E-state index contributed by atoms with van der Waals surface area (Å²) < 4.78 is 15.8. The van der Waals surface area contributed by atoms with Crippen molar-refractivity contribution in [2.45, 2.75) is 6.54 Å². The van der Waals surface area contributed by atoms with Gasteiger partial charge in [-0.3, -0.25) is 4.79 Å². The van der Waals surface area contributed by atoms with Crippen molar-refractivity contribution in [3.8, 4) is 17.2 Å². The zero-order valence-corrected chi connectivity index (χ0v) is 15.7. The van der Waals surface area contributed by atoms with E-state index in [0.717, 1.165) is 13.1 Å². The average molecular weight is 358 g/mol. The van der Waals surface area contributed by atoms with Crippen LogP contribution in [0.5, 0.6) is 17.2 Å². The molecule has 0 atom stereocenters. The number of carbonyl (C=O) groups is 1. The van der Waals surface area contributed by atoms with Gasteiger partial charge in [0.05, 0.1) is 26.9 Å². The van der Waals surface area contributed by atoms with Crippen LogP contribution in [0.25, 0.3) is 0 Å². The number of likely N-dealkylation sites (N-methyl/N-ethyl adjacent to an activating group) is 1.